The molecule has 0 aliphatic carbocycles. The van der Waals surface area contributed by atoms with Crippen LogP contribution in [0.3, 0.4) is 0 Å². The first-order valence-corrected chi connectivity index (χ1v) is 10.2. The number of hydrogen-bond acceptors (Lipinski definition) is 1. The molecule has 0 saturated carbocycles. The van der Waals surface area contributed by atoms with E-state index >= 15 is 0 Å². The lowest BCUT2D eigenvalue weighted by atomic mass is 9.96. The maximum Gasteiger partial charge on any atom is 0.285 e. The molecule has 1 unspecified atom stereocenters. The fraction of sp³-hybridized carbons (Fsp3) is 0.636. The van der Waals surface area contributed by atoms with E-state index in [1.54, 1.807) is 0 Å². The number of carbonyl (C=O) groups excluding carboxylic acids is 1. The second-order valence-electron chi connectivity index (χ2n) is 8.08. The molecule has 2 saturated heterocycles. The minimum atomic E-state index is 0.103. The molecule has 0 N–H and O–H groups in total. The maximum atomic E-state index is 13.6. The van der Waals surface area contributed by atoms with Crippen molar-refractivity contribution in [1.82, 2.24) is 0 Å². The van der Waals surface area contributed by atoms with Gasteiger partial charge in [0.05, 0.1) is 26.2 Å². The van der Waals surface area contributed by atoms with Crippen LogP contribution in [0.15, 0.2) is 12.1 Å². The van der Waals surface area contributed by atoms with Gasteiger partial charge in [-0.05, 0) is 64.0 Å². The summed E-state index contributed by atoms with van der Waals surface area (Å²) in [6.45, 7) is 17.8. The molecule has 2 fully saturated rings. The summed E-state index contributed by atoms with van der Waals surface area (Å²) in [6.07, 6.45) is 7.19. The molecule has 4 heteroatoms. The third-order valence-corrected chi connectivity index (χ3v) is 6.53. The minimum absolute atomic E-state index is 0.103. The van der Waals surface area contributed by atoms with E-state index in [0.29, 0.717) is 11.6 Å². The Morgan fingerprint density at radius 1 is 1.12 bits per heavy atom. The first-order valence-electron chi connectivity index (χ1n) is 10.2. The zero-order valence-electron chi connectivity index (χ0n) is 16.6. The molecule has 140 valence electrons. The second-order valence-corrected chi connectivity index (χ2v) is 8.08. The van der Waals surface area contributed by atoms with Crippen molar-refractivity contribution in [2.24, 2.45) is 0 Å². The standard InChI is InChI=1S/C22H32N3O/c1-5-25(13-8-6-7-9-14-25)20-11-10-12-24(22(20)26)21-17(2)15-19(23-4)16-18(21)3/h15-16,20H,5-14H2,1-3H3/q+1. The van der Waals surface area contributed by atoms with E-state index in [2.05, 4.69) is 11.8 Å². The number of aryl methyl sites for hydroxylation is 2. The number of anilines is 1. The number of likely N-dealkylation sites (tertiary alicyclic amines) is 1. The first-order chi connectivity index (χ1) is 12.5. The number of likely N-dealkylation sites (N-methyl/N-ethyl adjacent to an activating group) is 1. The molecule has 0 bridgehead atoms. The van der Waals surface area contributed by atoms with E-state index in [1.807, 2.05) is 30.9 Å². The Labute approximate surface area is 158 Å². The molecule has 0 spiro atoms. The lowest BCUT2D eigenvalue weighted by molar-refractivity contribution is -0.941. The van der Waals surface area contributed by atoms with Crippen molar-refractivity contribution >= 4 is 17.3 Å². The number of nitrogens with zero attached hydrogens (tertiary/aromatic N) is 3. The number of quaternary nitrogens is 1. The summed E-state index contributed by atoms with van der Waals surface area (Å²) < 4.78 is 0.980. The van der Waals surface area contributed by atoms with Crippen LogP contribution in [0, 0.1) is 20.4 Å². The Bertz CT molecular complexity index is 688. The Hall–Kier alpha value is -1.86. The van der Waals surface area contributed by atoms with Gasteiger partial charge in [-0.3, -0.25) is 4.79 Å². The highest BCUT2D eigenvalue weighted by Crippen LogP contribution is 2.35. The van der Waals surface area contributed by atoms with Crippen molar-refractivity contribution in [1.29, 1.82) is 0 Å². The average Bonchev–Trinajstić information content (AvgIpc) is 2.89. The molecule has 1 amide bonds. The van der Waals surface area contributed by atoms with Crippen LogP contribution >= 0.6 is 0 Å². The van der Waals surface area contributed by atoms with Crippen LogP contribution in [0.4, 0.5) is 11.4 Å². The normalized spacial score (nSPS) is 23.4. The first kappa shape index (κ1) is 18.9. The van der Waals surface area contributed by atoms with Crippen molar-refractivity contribution in [3.05, 3.63) is 34.7 Å². The summed E-state index contributed by atoms with van der Waals surface area (Å²) in [5.74, 6) is 0.307. The van der Waals surface area contributed by atoms with Crippen molar-refractivity contribution in [3.63, 3.8) is 0 Å². The van der Waals surface area contributed by atoms with Crippen molar-refractivity contribution in [3.8, 4) is 0 Å². The summed E-state index contributed by atoms with van der Waals surface area (Å²) >= 11 is 0. The predicted octanol–water partition coefficient (Wildman–Crippen LogP) is 4.76. The van der Waals surface area contributed by atoms with Gasteiger partial charge in [-0.1, -0.05) is 12.1 Å². The molecule has 1 aromatic rings. The lowest BCUT2D eigenvalue weighted by Crippen LogP contribution is -2.64. The van der Waals surface area contributed by atoms with E-state index < -0.39 is 0 Å². The van der Waals surface area contributed by atoms with E-state index in [-0.39, 0.29) is 6.04 Å². The van der Waals surface area contributed by atoms with E-state index in [9.17, 15) is 4.79 Å². The van der Waals surface area contributed by atoms with Gasteiger partial charge in [0.15, 0.2) is 11.7 Å². The van der Waals surface area contributed by atoms with E-state index in [4.69, 9.17) is 6.57 Å². The molecule has 3 rings (SSSR count). The molecule has 2 aliphatic rings. The third-order valence-electron chi connectivity index (χ3n) is 6.53. The number of amides is 1. The molecule has 1 aromatic carbocycles. The van der Waals surface area contributed by atoms with E-state index in [0.717, 1.165) is 60.3 Å². The van der Waals surface area contributed by atoms with Crippen LogP contribution in [-0.4, -0.2) is 42.6 Å². The Morgan fingerprint density at radius 2 is 1.73 bits per heavy atom. The van der Waals surface area contributed by atoms with Crippen molar-refractivity contribution in [2.45, 2.75) is 65.3 Å². The molecule has 2 heterocycles. The highest BCUT2D eigenvalue weighted by atomic mass is 16.2. The molecule has 1 atom stereocenters. The molecule has 4 nitrogen and oxygen atoms in total. The molecular weight excluding hydrogens is 322 g/mol. The number of carbonyl (C=O) groups is 1. The van der Waals surface area contributed by atoms with Gasteiger partial charge >= 0.3 is 0 Å². The van der Waals surface area contributed by atoms with Crippen molar-refractivity contribution in [2.75, 3.05) is 31.1 Å². The van der Waals surface area contributed by atoms with Gasteiger partial charge in [-0.25, -0.2) is 4.85 Å². The molecular formula is C22H32N3O+. The molecule has 0 radical (unpaired) electrons. The quantitative estimate of drug-likeness (QED) is 0.567. The SMILES string of the molecule is [C-]#[N+]c1cc(C)c(N2CCCC([N+]3(CC)CCCCCC3)C2=O)c(C)c1. The molecule has 0 aromatic heterocycles. The van der Waals surface area contributed by atoms with Crippen LogP contribution in [0.5, 0.6) is 0 Å². The van der Waals surface area contributed by atoms with Gasteiger partial charge in [0, 0.05) is 18.7 Å². The van der Waals surface area contributed by atoms with Crippen LogP contribution in [0.1, 0.15) is 56.6 Å². The molecule has 26 heavy (non-hydrogen) atoms. The topological polar surface area (TPSA) is 24.7 Å². The van der Waals surface area contributed by atoms with Crippen molar-refractivity contribution < 1.29 is 9.28 Å². The third kappa shape index (κ3) is 3.38. The fourth-order valence-corrected chi connectivity index (χ4v) is 5.18. The maximum absolute atomic E-state index is 13.6. The molecule has 2 aliphatic heterocycles. The van der Waals surface area contributed by atoms with Gasteiger partial charge in [-0.2, -0.15) is 0 Å². The fourth-order valence-electron chi connectivity index (χ4n) is 5.18. The largest absolute Gasteiger partial charge is 0.314 e. The number of rotatable bonds is 3. The summed E-state index contributed by atoms with van der Waals surface area (Å²) in [5, 5.41) is 0. The van der Waals surface area contributed by atoms with Gasteiger partial charge < -0.3 is 9.38 Å². The summed E-state index contributed by atoms with van der Waals surface area (Å²) in [5.41, 5.74) is 3.79. The van der Waals surface area contributed by atoms with Gasteiger partial charge in [0.2, 0.25) is 0 Å². The average molecular weight is 355 g/mol. The van der Waals surface area contributed by atoms with E-state index in [1.165, 1.54) is 25.7 Å². The summed E-state index contributed by atoms with van der Waals surface area (Å²) in [7, 11) is 0. The monoisotopic (exact) mass is 354 g/mol. The van der Waals surface area contributed by atoms with Gasteiger partial charge in [0.25, 0.3) is 5.91 Å². The highest BCUT2D eigenvalue weighted by Gasteiger charge is 2.45. The highest BCUT2D eigenvalue weighted by molar-refractivity contribution is 5.98. The van der Waals surface area contributed by atoms with Gasteiger partial charge in [-0.15, -0.1) is 0 Å². The zero-order valence-corrected chi connectivity index (χ0v) is 16.6. The lowest BCUT2D eigenvalue weighted by Gasteiger charge is -2.47. The Morgan fingerprint density at radius 3 is 2.27 bits per heavy atom. The minimum Gasteiger partial charge on any atom is -0.314 e. The Kier molecular flexibility index (Phi) is 5.67. The Balaban J connectivity index is 1.94. The predicted molar refractivity (Wildman–Crippen MR) is 107 cm³/mol. The van der Waals surface area contributed by atoms with Crippen LogP contribution in [-0.2, 0) is 4.79 Å². The smallest absolute Gasteiger partial charge is 0.285 e. The summed E-state index contributed by atoms with van der Waals surface area (Å²) in [6, 6.07) is 3.94. The van der Waals surface area contributed by atoms with Crippen LogP contribution < -0.4 is 4.90 Å². The van der Waals surface area contributed by atoms with Crippen LogP contribution in [0.25, 0.3) is 4.85 Å². The number of hydrogen-bond donors (Lipinski definition) is 0. The number of piperidine rings is 1. The summed E-state index contributed by atoms with van der Waals surface area (Å²) in [4.78, 5) is 19.2. The second kappa shape index (κ2) is 7.80. The zero-order chi connectivity index (χ0) is 18.7. The van der Waals surface area contributed by atoms with Crippen LogP contribution in [0.2, 0.25) is 0 Å². The van der Waals surface area contributed by atoms with Gasteiger partial charge in [0.1, 0.15) is 0 Å². The number of benzene rings is 1.